The first kappa shape index (κ1) is 12.5. The topological polar surface area (TPSA) is 22.0 Å². The third kappa shape index (κ3) is 2.83. The molecule has 17 heavy (non-hydrogen) atoms. The van der Waals surface area contributed by atoms with Crippen LogP contribution >= 0.6 is 34.8 Å². The number of rotatable bonds is 2. The lowest BCUT2D eigenvalue weighted by Gasteiger charge is -2.09. The summed E-state index contributed by atoms with van der Waals surface area (Å²) in [7, 11) is 0. The molecule has 0 atom stereocenters. The lowest BCUT2D eigenvalue weighted by atomic mass is 10.2. The Kier molecular flexibility index (Phi) is 3.77. The fourth-order valence-electron chi connectivity index (χ4n) is 1.48. The van der Waals surface area contributed by atoms with Crippen LogP contribution in [0.15, 0.2) is 41.3 Å². The third-order valence-corrected chi connectivity index (χ3v) is 3.27. The number of benzene rings is 1. The van der Waals surface area contributed by atoms with Gasteiger partial charge in [0.2, 0.25) is 0 Å². The first-order valence-corrected chi connectivity index (χ1v) is 6.00. The van der Waals surface area contributed by atoms with Gasteiger partial charge in [0.05, 0.1) is 11.6 Å². The van der Waals surface area contributed by atoms with Crippen molar-refractivity contribution in [3.05, 3.63) is 67.5 Å². The molecule has 0 aliphatic heterocycles. The Morgan fingerprint density at radius 3 is 2.29 bits per heavy atom. The van der Waals surface area contributed by atoms with Crippen molar-refractivity contribution in [2.24, 2.45) is 0 Å². The Bertz CT molecular complexity index is 587. The smallest absolute Gasteiger partial charge is 0.250 e. The second-order valence-electron chi connectivity index (χ2n) is 3.51. The van der Waals surface area contributed by atoms with E-state index in [-0.39, 0.29) is 5.56 Å². The Morgan fingerprint density at radius 2 is 1.65 bits per heavy atom. The van der Waals surface area contributed by atoms with E-state index >= 15 is 0 Å². The van der Waals surface area contributed by atoms with Crippen molar-refractivity contribution in [3.63, 3.8) is 0 Å². The van der Waals surface area contributed by atoms with E-state index < -0.39 is 0 Å². The number of hydrogen-bond donors (Lipinski definition) is 0. The van der Waals surface area contributed by atoms with Gasteiger partial charge in [-0.05, 0) is 18.2 Å². The Labute approximate surface area is 113 Å². The van der Waals surface area contributed by atoms with E-state index in [0.717, 1.165) is 0 Å². The van der Waals surface area contributed by atoms with E-state index in [2.05, 4.69) is 0 Å². The highest BCUT2D eigenvalue weighted by Crippen LogP contribution is 2.24. The second-order valence-corrected chi connectivity index (χ2v) is 4.76. The van der Waals surface area contributed by atoms with E-state index in [9.17, 15) is 4.79 Å². The third-order valence-electron chi connectivity index (χ3n) is 2.34. The van der Waals surface area contributed by atoms with Gasteiger partial charge in [0.1, 0.15) is 0 Å². The summed E-state index contributed by atoms with van der Waals surface area (Å²) in [6, 6.07) is 8.19. The molecule has 0 aliphatic rings. The molecule has 0 saturated heterocycles. The molecule has 0 fully saturated rings. The molecule has 0 radical (unpaired) electrons. The molecule has 0 unspecified atom stereocenters. The molecule has 0 saturated carbocycles. The van der Waals surface area contributed by atoms with Crippen LogP contribution in [0.5, 0.6) is 0 Å². The molecule has 5 heteroatoms. The van der Waals surface area contributed by atoms with Crippen LogP contribution in [0.2, 0.25) is 15.1 Å². The summed E-state index contributed by atoms with van der Waals surface area (Å²) in [6.45, 7) is 0.303. The molecule has 0 spiro atoms. The summed E-state index contributed by atoms with van der Waals surface area (Å²) in [4.78, 5) is 11.6. The fourth-order valence-corrected chi connectivity index (χ4v) is 2.18. The first-order valence-electron chi connectivity index (χ1n) is 4.87. The minimum atomic E-state index is -0.148. The van der Waals surface area contributed by atoms with Crippen LogP contribution in [0.3, 0.4) is 0 Å². The van der Waals surface area contributed by atoms with Crippen molar-refractivity contribution in [2.45, 2.75) is 6.54 Å². The van der Waals surface area contributed by atoms with Crippen LogP contribution in [-0.4, -0.2) is 4.57 Å². The summed E-state index contributed by atoms with van der Waals surface area (Å²) in [6.07, 6.45) is 1.56. The molecule has 88 valence electrons. The minimum absolute atomic E-state index is 0.148. The summed E-state index contributed by atoms with van der Waals surface area (Å²) >= 11 is 17.9. The maximum Gasteiger partial charge on any atom is 0.250 e. The number of nitrogens with zero attached hydrogens (tertiary/aromatic N) is 1. The molecule has 0 amide bonds. The number of aromatic nitrogens is 1. The first-order chi connectivity index (χ1) is 8.08. The van der Waals surface area contributed by atoms with Gasteiger partial charge in [-0.15, -0.1) is 0 Å². The van der Waals surface area contributed by atoms with Crippen LogP contribution in [0.4, 0.5) is 0 Å². The van der Waals surface area contributed by atoms with Crippen molar-refractivity contribution < 1.29 is 0 Å². The molecular formula is C12H8Cl3NO. The van der Waals surface area contributed by atoms with Gasteiger partial charge >= 0.3 is 0 Å². The predicted octanol–water partition coefficient (Wildman–Crippen LogP) is 3.86. The van der Waals surface area contributed by atoms with Crippen LogP contribution in [0.25, 0.3) is 0 Å². The molecule has 2 rings (SSSR count). The van der Waals surface area contributed by atoms with Gasteiger partial charge in [0.15, 0.2) is 0 Å². The lowest BCUT2D eigenvalue weighted by molar-refractivity contribution is 0.760. The fraction of sp³-hybridized carbons (Fsp3) is 0.0833. The van der Waals surface area contributed by atoms with Crippen molar-refractivity contribution >= 4 is 34.8 Å². The predicted molar refractivity (Wildman–Crippen MR) is 71.3 cm³/mol. The Hall–Kier alpha value is -0.960. The number of halogens is 3. The van der Waals surface area contributed by atoms with Crippen LogP contribution in [0.1, 0.15) is 5.56 Å². The molecule has 0 N–H and O–H groups in total. The van der Waals surface area contributed by atoms with Crippen LogP contribution in [0, 0.1) is 0 Å². The maximum atomic E-state index is 11.6. The van der Waals surface area contributed by atoms with Crippen LogP contribution in [-0.2, 0) is 6.54 Å². The highest BCUT2D eigenvalue weighted by molar-refractivity contribution is 6.36. The summed E-state index contributed by atoms with van der Waals surface area (Å²) in [5, 5.41) is 1.56. The standard InChI is InChI=1S/C12H8Cl3NO/c13-8-4-5-12(17)16(6-8)7-9-10(14)2-1-3-11(9)15/h1-6H,7H2. The van der Waals surface area contributed by atoms with E-state index in [4.69, 9.17) is 34.8 Å². The molecule has 1 aromatic carbocycles. The lowest BCUT2D eigenvalue weighted by Crippen LogP contribution is -2.19. The van der Waals surface area contributed by atoms with Crippen molar-refractivity contribution in [1.82, 2.24) is 4.57 Å². The van der Waals surface area contributed by atoms with Crippen molar-refractivity contribution in [2.75, 3.05) is 0 Å². The van der Waals surface area contributed by atoms with Gasteiger partial charge < -0.3 is 4.57 Å². The second kappa shape index (κ2) is 5.13. The van der Waals surface area contributed by atoms with Gasteiger partial charge in [-0.2, -0.15) is 0 Å². The monoisotopic (exact) mass is 287 g/mol. The van der Waals surface area contributed by atoms with E-state index in [1.807, 2.05) is 0 Å². The van der Waals surface area contributed by atoms with E-state index in [0.29, 0.717) is 27.2 Å². The molecule has 1 aromatic heterocycles. The normalized spacial score (nSPS) is 10.5. The molecule has 2 aromatic rings. The van der Waals surface area contributed by atoms with Gasteiger partial charge in [0.25, 0.3) is 5.56 Å². The molecular weight excluding hydrogens is 280 g/mol. The van der Waals surface area contributed by atoms with Gasteiger partial charge in [-0.25, -0.2) is 0 Å². The van der Waals surface area contributed by atoms with Crippen LogP contribution < -0.4 is 5.56 Å². The van der Waals surface area contributed by atoms with Crippen molar-refractivity contribution in [1.29, 1.82) is 0 Å². The summed E-state index contributed by atoms with van der Waals surface area (Å²) in [5.74, 6) is 0. The zero-order valence-electron chi connectivity index (χ0n) is 8.66. The van der Waals surface area contributed by atoms with Crippen molar-refractivity contribution in [3.8, 4) is 0 Å². The molecule has 2 nitrogen and oxygen atoms in total. The zero-order valence-corrected chi connectivity index (χ0v) is 10.9. The average Bonchev–Trinajstić information content (AvgIpc) is 2.28. The number of hydrogen-bond acceptors (Lipinski definition) is 1. The maximum absolute atomic E-state index is 11.6. The molecule has 1 heterocycles. The Balaban J connectivity index is 2.45. The van der Waals surface area contributed by atoms with E-state index in [1.165, 1.54) is 10.6 Å². The molecule has 0 aliphatic carbocycles. The molecule has 0 bridgehead atoms. The largest absolute Gasteiger partial charge is 0.310 e. The summed E-state index contributed by atoms with van der Waals surface area (Å²) in [5.41, 5.74) is 0.561. The van der Waals surface area contributed by atoms with Gasteiger partial charge in [-0.3, -0.25) is 4.79 Å². The Morgan fingerprint density at radius 1 is 1.00 bits per heavy atom. The van der Waals surface area contributed by atoms with Gasteiger partial charge in [-0.1, -0.05) is 40.9 Å². The highest BCUT2D eigenvalue weighted by Gasteiger charge is 2.07. The number of pyridine rings is 1. The quantitative estimate of drug-likeness (QED) is 0.822. The minimum Gasteiger partial charge on any atom is -0.310 e. The highest BCUT2D eigenvalue weighted by atomic mass is 35.5. The van der Waals surface area contributed by atoms with E-state index in [1.54, 1.807) is 30.5 Å². The zero-order chi connectivity index (χ0) is 12.4. The SMILES string of the molecule is O=c1ccc(Cl)cn1Cc1c(Cl)cccc1Cl. The van der Waals surface area contributed by atoms with Gasteiger partial charge in [0, 0.05) is 27.9 Å². The summed E-state index contributed by atoms with van der Waals surface area (Å²) < 4.78 is 1.47. The average molecular weight is 289 g/mol.